The van der Waals surface area contributed by atoms with E-state index in [1.54, 1.807) is 0 Å². The van der Waals surface area contributed by atoms with Gasteiger partial charge in [0.05, 0.1) is 23.9 Å². The molecule has 5 aliphatic rings. The predicted octanol–water partition coefficient (Wildman–Crippen LogP) is 4.58. The summed E-state index contributed by atoms with van der Waals surface area (Å²) in [7, 11) is 0. The number of nitrogens with zero attached hydrogens (tertiary/aromatic N) is 4. The molecule has 8 rings (SSSR count). The van der Waals surface area contributed by atoms with E-state index in [0.29, 0.717) is 61.4 Å². The van der Waals surface area contributed by atoms with E-state index in [-0.39, 0.29) is 11.6 Å². The van der Waals surface area contributed by atoms with Crippen LogP contribution in [0.15, 0.2) is 30.3 Å². The van der Waals surface area contributed by atoms with Gasteiger partial charge in [0, 0.05) is 66.2 Å². The molecule has 1 aromatic heterocycles. The molecule has 0 saturated carbocycles. The van der Waals surface area contributed by atoms with Gasteiger partial charge in [-0.25, -0.2) is 4.39 Å². The number of piperazine rings is 1. The molecule has 0 radical (unpaired) electrons. The van der Waals surface area contributed by atoms with Crippen LogP contribution in [0.4, 0.5) is 15.9 Å². The van der Waals surface area contributed by atoms with Crippen LogP contribution in [0, 0.1) is 0 Å². The number of fused-ring (bicyclic) bond motifs is 5. The van der Waals surface area contributed by atoms with Gasteiger partial charge in [-0.15, -0.1) is 0 Å². The maximum absolute atomic E-state index is 14.4. The lowest BCUT2D eigenvalue weighted by Crippen LogP contribution is -2.52. The Morgan fingerprint density at radius 3 is 2.88 bits per heavy atom. The Bertz CT molecular complexity index is 1500. The highest BCUT2D eigenvalue weighted by atomic mass is 35.5. The van der Waals surface area contributed by atoms with Gasteiger partial charge in [-0.3, -0.25) is 4.90 Å². The van der Waals surface area contributed by atoms with Crippen molar-refractivity contribution in [1.29, 1.82) is 0 Å². The van der Waals surface area contributed by atoms with Crippen LogP contribution in [0.25, 0.3) is 10.8 Å². The molecule has 5 atom stereocenters. The SMILES string of the molecule is Nc1cc([C@@H]2Cc3nc(OC[C@@]45CCCN4C[C@H](F)C5)nc(N4CC5CCC(C4)N5)c3CO2)c2c(Cl)cccc2c1. The fourth-order valence-electron chi connectivity index (χ4n) is 8.07. The van der Waals surface area contributed by atoms with Crippen LogP contribution in [0.5, 0.6) is 6.01 Å². The first-order valence-electron chi connectivity index (χ1n) is 15.0. The van der Waals surface area contributed by atoms with Crippen molar-refractivity contribution >= 4 is 33.9 Å². The van der Waals surface area contributed by atoms with Crippen LogP contribution in [0.2, 0.25) is 5.02 Å². The van der Waals surface area contributed by atoms with Gasteiger partial charge in [0.1, 0.15) is 18.6 Å². The van der Waals surface area contributed by atoms with Crippen molar-refractivity contribution in [1.82, 2.24) is 20.2 Å². The van der Waals surface area contributed by atoms with Gasteiger partial charge in [-0.1, -0.05) is 23.7 Å². The number of rotatable bonds is 5. The molecule has 10 heteroatoms. The summed E-state index contributed by atoms with van der Waals surface area (Å²) in [4.78, 5) is 14.6. The van der Waals surface area contributed by atoms with E-state index < -0.39 is 6.17 Å². The van der Waals surface area contributed by atoms with Crippen molar-refractivity contribution in [2.75, 3.05) is 43.4 Å². The van der Waals surface area contributed by atoms with E-state index in [2.05, 4.69) is 15.1 Å². The van der Waals surface area contributed by atoms with Crippen LogP contribution in [-0.2, 0) is 17.8 Å². The van der Waals surface area contributed by atoms with E-state index in [4.69, 9.17) is 36.8 Å². The third kappa shape index (κ3) is 4.52. The van der Waals surface area contributed by atoms with Crippen LogP contribution >= 0.6 is 11.6 Å². The Kier molecular flexibility index (Phi) is 6.29. The molecule has 2 aromatic carbocycles. The van der Waals surface area contributed by atoms with Gasteiger partial charge in [0.15, 0.2) is 0 Å². The van der Waals surface area contributed by atoms with Crippen molar-refractivity contribution in [3.8, 4) is 6.01 Å². The zero-order valence-corrected chi connectivity index (χ0v) is 23.9. The molecule has 4 fully saturated rings. The average molecular weight is 579 g/mol. The molecule has 3 N–H and O–H groups in total. The fourth-order valence-corrected chi connectivity index (χ4v) is 8.36. The first-order valence-corrected chi connectivity index (χ1v) is 15.3. The number of ether oxygens (including phenoxy) is 2. The van der Waals surface area contributed by atoms with Crippen molar-refractivity contribution in [2.24, 2.45) is 0 Å². The molecule has 41 heavy (non-hydrogen) atoms. The van der Waals surface area contributed by atoms with Gasteiger partial charge in [-0.2, -0.15) is 9.97 Å². The van der Waals surface area contributed by atoms with Crippen LogP contribution < -0.4 is 20.7 Å². The summed E-state index contributed by atoms with van der Waals surface area (Å²) < 4.78 is 27.4. The summed E-state index contributed by atoms with van der Waals surface area (Å²) in [6.45, 7) is 4.04. The summed E-state index contributed by atoms with van der Waals surface area (Å²) >= 11 is 6.69. The molecule has 0 spiro atoms. The minimum Gasteiger partial charge on any atom is -0.461 e. The Labute approximate surface area is 244 Å². The smallest absolute Gasteiger partial charge is 0.318 e. The second-order valence-electron chi connectivity index (χ2n) is 12.6. The molecule has 3 aromatic rings. The molecule has 0 aliphatic carbocycles. The first kappa shape index (κ1) is 25.9. The van der Waals surface area contributed by atoms with E-state index in [1.807, 2.05) is 30.3 Å². The molecule has 2 unspecified atom stereocenters. The molecule has 5 aliphatic heterocycles. The zero-order valence-electron chi connectivity index (χ0n) is 23.1. The summed E-state index contributed by atoms with van der Waals surface area (Å²) in [6, 6.07) is 11.1. The second-order valence-corrected chi connectivity index (χ2v) is 13.0. The minimum absolute atomic E-state index is 0.254. The standard InChI is InChI=1S/C31H36ClFN6O2/c32-25-4-1-3-18-9-20(34)10-23(28(18)25)27-11-26-24(16-40-27)29(38-14-21-5-6-22(15-38)35-21)37-30(36-26)41-17-31-7-2-8-39(31)13-19(33)12-31/h1,3-4,9-10,19,21-22,27,35H,2,5-8,11-17,34H2/t19-,21?,22?,27+,31+/m1/s1. The zero-order chi connectivity index (χ0) is 27.7. The van der Waals surface area contributed by atoms with E-state index in [9.17, 15) is 4.39 Å². The Morgan fingerprint density at radius 2 is 2.02 bits per heavy atom. The minimum atomic E-state index is -0.798. The van der Waals surface area contributed by atoms with Gasteiger partial charge in [0.2, 0.25) is 0 Å². The number of hydrogen-bond acceptors (Lipinski definition) is 8. The molecular formula is C31H36ClFN6O2. The molecule has 0 amide bonds. The fraction of sp³-hybridized carbons (Fsp3) is 0.548. The number of nitrogens with one attached hydrogen (secondary N) is 1. The molecule has 216 valence electrons. The molecule has 4 saturated heterocycles. The number of alkyl halides is 1. The lowest BCUT2D eigenvalue weighted by Gasteiger charge is -2.37. The van der Waals surface area contributed by atoms with Crippen LogP contribution in [-0.4, -0.2) is 71.4 Å². The number of benzene rings is 2. The number of aromatic nitrogens is 2. The molecule has 6 heterocycles. The Morgan fingerprint density at radius 1 is 1.17 bits per heavy atom. The largest absolute Gasteiger partial charge is 0.461 e. The van der Waals surface area contributed by atoms with E-state index >= 15 is 0 Å². The Balaban J connectivity index is 1.15. The molecule has 8 nitrogen and oxygen atoms in total. The Hall–Kier alpha value is -2.72. The highest BCUT2D eigenvalue weighted by Crippen LogP contribution is 2.42. The molecule has 2 bridgehead atoms. The van der Waals surface area contributed by atoms with E-state index in [0.717, 1.165) is 65.9 Å². The van der Waals surface area contributed by atoms with Crippen molar-refractivity contribution in [3.05, 3.63) is 52.2 Å². The van der Waals surface area contributed by atoms with Crippen molar-refractivity contribution in [3.63, 3.8) is 0 Å². The average Bonchev–Trinajstić information content (AvgIpc) is 3.61. The highest BCUT2D eigenvalue weighted by molar-refractivity contribution is 6.35. The number of nitrogen functional groups attached to an aromatic ring is 1. The first-order chi connectivity index (χ1) is 19.9. The molecular weight excluding hydrogens is 543 g/mol. The van der Waals surface area contributed by atoms with Crippen LogP contribution in [0.3, 0.4) is 0 Å². The monoisotopic (exact) mass is 578 g/mol. The number of anilines is 2. The normalized spacial score (nSPS) is 31.0. The highest BCUT2D eigenvalue weighted by Gasteiger charge is 2.49. The summed E-state index contributed by atoms with van der Waals surface area (Å²) in [5.74, 6) is 0.910. The number of halogens is 2. The summed E-state index contributed by atoms with van der Waals surface area (Å²) in [5, 5.41) is 6.35. The third-order valence-corrected chi connectivity index (χ3v) is 10.2. The number of hydrogen-bond donors (Lipinski definition) is 2. The van der Waals surface area contributed by atoms with Crippen molar-refractivity contribution < 1.29 is 13.9 Å². The number of nitrogens with two attached hydrogens (primary N) is 1. The third-order valence-electron chi connectivity index (χ3n) is 9.93. The second kappa shape index (κ2) is 9.93. The summed E-state index contributed by atoms with van der Waals surface area (Å²) in [5.41, 5.74) is 9.67. The van der Waals surface area contributed by atoms with Gasteiger partial charge in [-0.05, 0) is 61.4 Å². The lowest BCUT2D eigenvalue weighted by molar-refractivity contribution is 0.0263. The van der Waals surface area contributed by atoms with Crippen molar-refractivity contribution in [2.45, 2.75) is 75.0 Å². The van der Waals surface area contributed by atoms with Gasteiger partial charge in [0.25, 0.3) is 0 Å². The maximum Gasteiger partial charge on any atom is 0.318 e. The van der Waals surface area contributed by atoms with Gasteiger partial charge < -0.3 is 25.4 Å². The summed E-state index contributed by atoms with van der Waals surface area (Å²) in [6.07, 6.45) is 4.42. The van der Waals surface area contributed by atoms with E-state index in [1.165, 1.54) is 12.8 Å². The lowest BCUT2D eigenvalue weighted by atomic mass is 9.94. The maximum atomic E-state index is 14.4. The van der Waals surface area contributed by atoms with Gasteiger partial charge >= 0.3 is 6.01 Å². The quantitative estimate of drug-likeness (QED) is 0.426. The van der Waals surface area contributed by atoms with Crippen LogP contribution in [0.1, 0.15) is 55.0 Å². The predicted molar refractivity (Wildman–Crippen MR) is 157 cm³/mol. The topological polar surface area (TPSA) is 88.8 Å².